The molecule has 3 aromatic rings. The summed E-state index contributed by atoms with van der Waals surface area (Å²) in [6.07, 6.45) is 1.68. The van der Waals surface area contributed by atoms with Crippen molar-refractivity contribution in [2.45, 2.75) is 26.2 Å². The molecule has 1 amide bonds. The van der Waals surface area contributed by atoms with Crippen LogP contribution in [-0.2, 0) is 5.41 Å². The van der Waals surface area contributed by atoms with Gasteiger partial charge in [-0.25, -0.2) is 4.98 Å². The average Bonchev–Trinajstić information content (AvgIpc) is 2.68. The number of para-hydroxylation sites is 1. The molecule has 138 valence electrons. The molecule has 0 aliphatic heterocycles. The van der Waals surface area contributed by atoms with Crippen LogP contribution >= 0.6 is 0 Å². The molecule has 0 fully saturated rings. The lowest BCUT2D eigenvalue weighted by atomic mass is 9.87. The Morgan fingerprint density at radius 2 is 1.59 bits per heavy atom. The number of hydrogen-bond donors (Lipinski definition) is 1. The summed E-state index contributed by atoms with van der Waals surface area (Å²) >= 11 is 0. The highest BCUT2D eigenvalue weighted by molar-refractivity contribution is 6.04. The summed E-state index contributed by atoms with van der Waals surface area (Å²) in [6, 6.07) is 21.5. The van der Waals surface area contributed by atoms with Crippen molar-refractivity contribution in [3.63, 3.8) is 0 Å². The van der Waals surface area contributed by atoms with Crippen molar-refractivity contribution in [3.8, 4) is 0 Å². The molecule has 1 N–H and O–H groups in total. The summed E-state index contributed by atoms with van der Waals surface area (Å²) in [5, 5.41) is 2.90. The van der Waals surface area contributed by atoms with Gasteiger partial charge in [-0.1, -0.05) is 51.1 Å². The molecule has 0 atom stereocenters. The van der Waals surface area contributed by atoms with E-state index >= 15 is 0 Å². The molecule has 0 bridgehead atoms. The van der Waals surface area contributed by atoms with E-state index in [0.29, 0.717) is 11.3 Å². The molecular weight excluding hydrogens is 334 g/mol. The Morgan fingerprint density at radius 1 is 0.926 bits per heavy atom. The van der Waals surface area contributed by atoms with E-state index < -0.39 is 0 Å². The van der Waals surface area contributed by atoms with Crippen LogP contribution in [0.1, 0.15) is 36.7 Å². The highest BCUT2D eigenvalue weighted by Crippen LogP contribution is 2.24. The first kappa shape index (κ1) is 18.6. The number of amides is 1. The quantitative estimate of drug-likeness (QED) is 0.678. The van der Waals surface area contributed by atoms with Gasteiger partial charge in [0, 0.05) is 18.3 Å². The van der Waals surface area contributed by atoms with Crippen LogP contribution in [0.15, 0.2) is 72.9 Å². The van der Waals surface area contributed by atoms with Gasteiger partial charge in [0.15, 0.2) is 0 Å². The minimum Gasteiger partial charge on any atom is -0.329 e. The highest BCUT2D eigenvalue weighted by Gasteiger charge is 2.14. The van der Waals surface area contributed by atoms with Crippen LogP contribution in [0.2, 0.25) is 0 Å². The maximum absolute atomic E-state index is 12.5. The van der Waals surface area contributed by atoms with E-state index in [1.165, 1.54) is 5.56 Å². The number of carbonyl (C=O) groups excluding carboxylic acids is 1. The third kappa shape index (κ3) is 4.53. The number of nitrogens with one attached hydrogen (secondary N) is 1. The Balaban J connectivity index is 1.68. The number of rotatable bonds is 4. The normalized spacial score (nSPS) is 11.1. The van der Waals surface area contributed by atoms with Gasteiger partial charge in [0.25, 0.3) is 5.91 Å². The Labute approximate surface area is 160 Å². The van der Waals surface area contributed by atoms with E-state index in [4.69, 9.17) is 0 Å². The second-order valence-corrected chi connectivity index (χ2v) is 7.58. The largest absolute Gasteiger partial charge is 0.329 e. The van der Waals surface area contributed by atoms with Gasteiger partial charge < -0.3 is 10.2 Å². The molecule has 0 saturated carbocycles. The van der Waals surface area contributed by atoms with Crippen molar-refractivity contribution in [1.29, 1.82) is 0 Å². The van der Waals surface area contributed by atoms with Crippen molar-refractivity contribution in [2.24, 2.45) is 0 Å². The van der Waals surface area contributed by atoms with Crippen molar-refractivity contribution >= 4 is 23.1 Å². The zero-order valence-electron chi connectivity index (χ0n) is 16.2. The van der Waals surface area contributed by atoms with Crippen LogP contribution in [-0.4, -0.2) is 17.9 Å². The maximum atomic E-state index is 12.5. The molecule has 3 rings (SSSR count). The lowest BCUT2D eigenvalue weighted by Crippen LogP contribution is -2.15. The summed E-state index contributed by atoms with van der Waals surface area (Å²) in [5.74, 6) is 0.676. The Hall–Kier alpha value is -3.14. The third-order valence-corrected chi connectivity index (χ3v) is 4.51. The van der Waals surface area contributed by atoms with Gasteiger partial charge >= 0.3 is 0 Å². The maximum Gasteiger partial charge on any atom is 0.255 e. The van der Waals surface area contributed by atoms with Gasteiger partial charge in [-0.3, -0.25) is 4.79 Å². The molecule has 0 saturated heterocycles. The smallest absolute Gasteiger partial charge is 0.255 e. The number of aromatic nitrogens is 1. The fourth-order valence-corrected chi connectivity index (χ4v) is 2.77. The van der Waals surface area contributed by atoms with Crippen LogP contribution in [0.25, 0.3) is 0 Å². The number of hydrogen-bond acceptors (Lipinski definition) is 3. The lowest BCUT2D eigenvalue weighted by molar-refractivity contribution is 0.102. The lowest BCUT2D eigenvalue weighted by Gasteiger charge is -2.19. The molecular formula is C23H25N3O. The fraction of sp³-hybridized carbons (Fsp3) is 0.217. The Kier molecular flexibility index (Phi) is 5.26. The molecule has 1 heterocycles. The first-order valence-corrected chi connectivity index (χ1v) is 9.01. The van der Waals surface area contributed by atoms with E-state index in [1.807, 2.05) is 78.7 Å². The summed E-state index contributed by atoms with van der Waals surface area (Å²) < 4.78 is 0. The number of pyridine rings is 1. The Morgan fingerprint density at radius 3 is 2.15 bits per heavy atom. The average molecular weight is 359 g/mol. The monoisotopic (exact) mass is 359 g/mol. The summed E-state index contributed by atoms with van der Waals surface area (Å²) in [5.41, 5.74) is 3.63. The summed E-state index contributed by atoms with van der Waals surface area (Å²) in [7, 11) is 1.96. The predicted octanol–water partition coefficient (Wildman–Crippen LogP) is 5.40. The van der Waals surface area contributed by atoms with Crippen LogP contribution in [0.5, 0.6) is 0 Å². The summed E-state index contributed by atoms with van der Waals surface area (Å²) in [6.45, 7) is 6.46. The van der Waals surface area contributed by atoms with Crippen molar-refractivity contribution in [2.75, 3.05) is 17.3 Å². The van der Waals surface area contributed by atoms with Gasteiger partial charge in [-0.15, -0.1) is 0 Å². The number of anilines is 3. The number of nitrogens with zero attached hydrogens (tertiary/aromatic N) is 2. The van der Waals surface area contributed by atoms with Crippen LogP contribution in [0.3, 0.4) is 0 Å². The summed E-state index contributed by atoms with van der Waals surface area (Å²) in [4.78, 5) is 18.9. The second kappa shape index (κ2) is 7.62. The van der Waals surface area contributed by atoms with Crippen molar-refractivity contribution < 1.29 is 4.79 Å². The van der Waals surface area contributed by atoms with E-state index in [2.05, 4.69) is 31.1 Å². The Bertz CT molecular complexity index is 895. The molecule has 0 spiro atoms. The van der Waals surface area contributed by atoms with Gasteiger partial charge in [0.2, 0.25) is 0 Å². The third-order valence-electron chi connectivity index (χ3n) is 4.51. The van der Waals surface area contributed by atoms with Crippen LogP contribution < -0.4 is 10.2 Å². The zero-order valence-corrected chi connectivity index (χ0v) is 16.2. The molecule has 27 heavy (non-hydrogen) atoms. The topological polar surface area (TPSA) is 45.2 Å². The predicted molar refractivity (Wildman–Crippen MR) is 112 cm³/mol. The first-order chi connectivity index (χ1) is 12.8. The van der Waals surface area contributed by atoms with Crippen molar-refractivity contribution in [3.05, 3.63) is 84.1 Å². The van der Waals surface area contributed by atoms with Crippen LogP contribution in [0, 0.1) is 0 Å². The molecule has 0 radical (unpaired) electrons. The highest BCUT2D eigenvalue weighted by atomic mass is 16.1. The van der Waals surface area contributed by atoms with E-state index in [-0.39, 0.29) is 11.3 Å². The SMILES string of the molecule is CN(c1ccccc1)c1ccc(NC(=O)c2ccc(C(C)(C)C)cc2)cn1. The van der Waals surface area contributed by atoms with E-state index in [1.54, 1.807) is 6.20 Å². The fourth-order valence-electron chi connectivity index (χ4n) is 2.77. The van der Waals surface area contributed by atoms with Gasteiger partial charge in [-0.2, -0.15) is 0 Å². The standard InChI is InChI=1S/C23H25N3O/c1-23(2,3)18-12-10-17(11-13-18)22(27)25-19-14-15-21(24-16-19)26(4)20-8-6-5-7-9-20/h5-16H,1-4H3,(H,25,27). The molecule has 2 aromatic carbocycles. The number of benzene rings is 2. The molecule has 0 unspecified atom stereocenters. The van der Waals surface area contributed by atoms with E-state index in [0.717, 1.165) is 11.5 Å². The van der Waals surface area contributed by atoms with Crippen molar-refractivity contribution in [1.82, 2.24) is 4.98 Å². The molecule has 0 aliphatic carbocycles. The minimum atomic E-state index is -0.138. The molecule has 1 aromatic heterocycles. The molecule has 0 aliphatic rings. The first-order valence-electron chi connectivity index (χ1n) is 9.01. The van der Waals surface area contributed by atoms with E-state index in [9.17, 15) is 4.79 Å². The second-order valence-electron chi connectivity index (χ2n) is 7.58. The molecule has 4 nitrogen and oxygen atoms in total. The van der Waals surface area contributed by atoms with Crippen LogP contribution in [0.4, 0.5) is 17.2 Å². The van der Waals surface area contributed by atoms with Gasteiger partial charge in [0.05, 0.1) is 11.9 Å². The number of carbonyl (C=O) groups is 1. The molecule has 4 heteroatoms. The van der Waals surface area contributed by atoms with Gasteiger partial charge in [-0.05, 0) is 47.4 Å². The van der Waals surface area contributed by atoms with Gasteiger partial charge in [0.1, 0.15) is 5.82 Å². The minimum absolute atomic E-state index is 0.0690. The zero-order chi connectivity index (χ0) is 19.4.